The Morgan fingerprint density at radius 1 is 1.42 bits per heavy atom. The van der Waals surface area contributed by atoms with E-state index < -0.39 is 22.9 Å². The van der Waals surface area contributed by atoms with Gasteiger partial charge in [-0.2, -0.15) is 0 Å². The number of hydrogen-bond acceptors (Lipinski definition) is 5. The van der Waals surface area contributed by atoms with Crippen LogP contribution in [-0.4, -0.2) is 49.1 Å². The Labute approximate surface area is 150 Å². The molecule has 0 spiro atoms. The molecule has 0 aromatic carbocycles. The van der Waals surface area contributed by atoms with Crippen LogP contribution >= 0.6 is 0 Å². The predicted molar refractivity (Wildman–Crippen MR) is 94.7 cm³/mol. The molecule has 1 aliphatic rings. The number of aromatic amines is 1. The van der Waals surface area contributed by atoms with Crippen molar-refractivity contribution in [3.8, 4) is 0 Å². The molecule has 3 rings (SSSR count). The van der Waals surface area contributed by atoms with Gasteiger partial charge in [-0.05, 0) is 31.4 Å². The van der Waals surface area contributed by atoms with Gasteiger partial charge in [0.25, 0.3) is 5.56 Å². The van der Waals surface area contributed by atoms with Gasteiger partial charge in [0, 0.05) is 44.2 Å². The van der Waals surface area contributed by atoms with Gasteiger partial charge in [-0.15, -0.1) is 0 Å². The SMILES string of the molecule is C[C@@]1(O)CCN(C(=O)CCc2cccnc2)C[C@H]1n1ccc(=O)[nH]c1=O. The lowest BCUT2D eigenvalue weighted by Gasteiger charge is -2.43. The van der Waals surface area contributed by atoms with Crippen LogP contribution in [0.25, 0.3) is 0 Å². The van der Waals surface area contributed by atoms with E-state index in [0.29, 0.717) is 25.8 Å². The smallest absolute Gasteiger partial charge is 0.328 e. The van der Waals surface area contributed by atoms with Crippen molar-refractivity contribution in [1.82, 2.24) is 19.4 Å². The van der Waals surface area contributed by atoms with Crippen LogP contribution in [0.15, 0.2) is 46.4 Å². The highest BCUT2D eigenvalue weighted by Crippen LogP contribution is 2.31. The van der Waals surface area contributed by atoms with E-state index in [0.717, 1.165) is 5.56 Å². The molecule has 3 heterocycles. The molecule has 2 atom stereocenters. The molecule has 1 aliphatic heterocycles. The average molecular weight is 358 g/mol. The Morgan fingerprint density at radius 3 is 2.92 bits per heavy atom. The van der Waals surface area contributed by atoms with Gasteiger partial charge in [-0.1, -0.05) is 6.07 Å². The molecule has 0 radical (unpaired) electrons. The number of rotatable bonds is 4. The van der Waals surface area contributed by atoms with Crippen molar-refractivity contribution >= 4 is 5.91 Å². The van der Waals surface area contributed by atoms with Crippen LogP contribution in [0.5, 0.6) is 0 Å². The van der Waals surface area contributed by atoms with Crippen molar-refractivity contribution in [2.45, 2.75) is 37.8 Å². The van der Waals surface area contributed by atoms with Gasteiger partial charge in [-0.3, -0.25) is 24.1 Å². The molecule has 1 amide bonds. The molecule has 0 saturated carbocycles. The molecule has 8 nitrogen and oxygen atoms in total. The molecular weight excluding hydrogens is 336 g/mol. The maximum atomic E-state index is 12.6. The minimum absolute atomic E-state index is 0.0353. The van der Waals surface area contributed by atoms with Gasteiger partial charge in [0.05, 0.1) is 11.6 Å². The second-order valence-corrected chi connectivity index (χ2v) is 6.84. The first kappa shape index (κ1) is 18.1. The highest BCUT2D eigenvalue weighted by atomic mass is 16.3. The van der Waals surface area contributed by atoms with Crippen LogP contribution in [0.3, 0.4) is 0 Å². The van der Waals surface area contributed by atoms with Crippen LogP contribution < -0.4 is 11.2 Å². The third-order valence-electron chi connectivity index (χ3n) is 4.89. The summed E-state index contributed by atoms with van der Waals surface area (Å²) >= 11 is 0. The van der Waals surface area contributed by atoms with Gasteiger partial charge in [0.1, 0.15) is 0 Å². The minimum atomic E-state index is -1.15. The number of aryl methyl sites for hydroxylation is 1. The zero-order chi connectivity index (χ0) is 18.7. The van der Waals surface area contributed by atoms with Gasteiger partial charge < -0.3 is 10.0 Å². The minimum Gasteiger partial charge on any atom is -0.388 e. The number of carbonyl (C=O) groups is 1. The van der Waals surface area contributed by atoms with Gasteiger partial charge in [0.15, 0.2) is 0 Å². The van der Waals surface area contributed by atoms with E-state index in [4.69, 9.17) is 0 Å². The molecule has 2 aromatic rings. The predicted octanol–water partition coefficient (Wildman–Crippen LogP) is 0.0888. The second kappa shape index (κ2) is 7.25. The monoisotopic (exact) mass is 358 g/mol. The Morgan fingerprint density at radius 2 is 2.23 bits per heavy atom. The summed E-state index contributed by atoms with van der Waals surface area (Å²) in [6.45, 7) is 2.28. The van der Waals surface area contributed by atoms with E-state index >= 15 is 0 Å². The molecule has 8 heteroatoms. The molecule has 0 bridgehead atoms. The number of aliphatic hydroxyl groups is 1. The van der Waals surface area contributed by atoms with E-state index in [9.17, 15) is 19.5 Å². The normalized spacial score (nSPS) is 23.0. The maximum Gasteiger partial charge on any atom is 0.328 e. The number of H-pyrrole nitrogens is 1. The molecule has 1 fully saturated rings. The van der Waals surface area contributed by atoms with Crippen LogP contribution in [0.2, 0.25) is 0 Å². The van der Waals surface area contributed by atoms with Crippen molar-refractivity contribution in [2.24, 2.45) is 0 Å². The van der Waals surface area contributed by atoms with Crippen LogP contribution in [-0.2, 0) is 11.2 Å². The molecule has 0 aliphatic carbocycles. The molecule has 138 valence electrons. The highest BCUT2D eigenvalue weighted by Gasteiger charge is 2.40. The van der Waals surface area contributed by atoms with Gasteiger partial charge in [0.2, 0.25) is 5.91 Å². The average Bonchev–Trinajstić information content (AvgIpc) is 2.61. The lowest BCUT2D eigenvalue weighted by atomic mass is 9.88. The Hall–Kier alpha value is -2.74. The third-order valence-corrected chi connectivity index (χ3v) is 4.89. The summed E-state index contributed by atoms with van der Waals surface area (Å²) in [5.41, 5.74) is -1.25. The first-order valence-electron chi connectivity index (χ1n) is 8.57. The molecular formula is C18H22N4O4. The van der Waals surface area contributed by atoms with E-state index in [1.54, 1.807) is 24.2 Å². The van der Waals surface area contributed by atoms with Gasteiger partial charge in [-0.25, -0.2) is 4.79 Å². The number of piperidine rings is 1. The van der Waals surface area contributed by atoms with Crippen molar-refractivity contribution in [1.29, 1.82) is 0 Å². The summed E-state index contributed by atoms with van der Waals surface area (Å²) in [5, 5.41) is 10.7. The molecule has 26 heavy (non-hydrogen) atoms. The lowest BCUT2D eigenvalue weighted by molar-refractivity contribution is -0.138. The number of amides is 1. The molecule has 2 N–H and O–H groups in total. The Kier molecular flexibility index (Phi) is 5.03. The quantitative estimate of drug-likeness (QED) is 0.805. The Bertz CT molecular complexity index is 888. The third kappa shape index (κ3) is 3.91. The topological polar surface area (TPSA) is 108 Å². The first-order valence-corrected chi connectivity index (χ1v) is 8.57. The number of hydrogen-bond donors (Lipinski definition) is 2. The van der Waals surface area contributed by atoms with Crippen molar-refractivity contribution in [2.75, 3.05) is 13.1 Å². The van der Waals surface area contributed by atoms with Crippen LogP contribution in [0.4, 0.5) is 0 Å². The highest BCUT2D eigenvalue weighted by molar-refractivity contribution is 5.76. The summed E-state index contributed by atoms with van der Waals surface area (Å²) in [6.07, 6.45) is 6.05. The molecule has 1 saturated heterocycles. The van der Waals surface area contributed by atoms with Crippen LogP contribution in [0.1, 0.15) is 31.4 Å². The summed E-state index contributed by atoms with van der Waals surface area (Å²) < 4.78 is 1.29. The summed E-state index contributed by atoms with van der Waals surface area (Å²) in [5.74, 6) is -0.0353. The fourth-order valence-corrected chi connectivity index (χ4v) is 3.27. The van der Waals surface area contributed by atoms with Crippen molar-refractivity contribution < 1.29 is 9.90 Å². The summed E-state index contributed by atoms with van der Waals surface area (Å²) in [4.78, 5) is 43.9. The number of nitrogens with one attached hydrogen (secondary N) is 1. The maximum absolute atomic E-state index is 12.6. The Balaban J connectivity index is 1.73. The standard InChI is InChI=1S/C18H22N4O4/c1-18(26)7-10-21(16(24)5-4-13-3-2-8-19-11-13)12-14(18)22-9-6-15(23)20-17(22)25/h2-3,6,8-9,11,14,26H,4-5,7,10,12H2,1H3,(H,20,23,25)/t14-,18-/m1/s1. The van der Waals surface area contributed by atoms with E-state index in [1.807, 2.05) is 12.1 Å². The van der Waals surface area contributed by atoms with Crippen molar-refractivity contribution in [3.05, 3.63) is 63.2 Å². The van der Waals surface area contributed by atoms with Crippen LogP contribution in [0, 0.1) is 0 Å². The number of carbonyl (C=O) groups excluding carboxylic acids is 1. The number of nitrogens with zero attached hydrogens (tertiary/aromatic N) is 3. The largest absolute Gasteiger partial charge is 0.388 e. The van der Waals surface area contributed by atoms with E-state index in [1.165, 1.54) is 16.8 Å². The molecule has 0 unspecified atom stereocenters. The fourth-order valence-electron chi connectivity index (χ4n) is 3.27. The first-order chi connectivity index (χ1) is 12.4. The zero-order valence-corrected chi connectivity index (χ0v) is 14.6. The fraction of sp³-hybridized carbons (Fsp3) is 0.444. The number of likely N-dealkylation sites (tertiary alicyclic amines) is 1. The number of pyridine rings is 1. The summed E-state index contributed by atoms with van der Waals surface area (Å²) in [7, 11) is 0. The van der Waals surface area contributed by atoms with E-state index in [-0.39, 0.29) is 12.5 Å². The zero-order valence-electron chi connectivity index (χ0n) is 14.6. The second-order valence-electron chi connectivity index (χ2n) is 6.84. The lowest BCUT2D eigenvalue weighted by Crippen LogP contribution is -2.55. The number of aromatic nitrogens is 3. The summed E-state index contributed by atoms with van der Waals surface area (Å²) in [6, 6.07) is 4.36. The van der Waals surface area contributed by atoms with E-state index in [2.05, 4.69) is 9.97 Å². The van der Waals surface area contributed by atoms with Crippen molar-refractivity contribution in [3.63, 3.8) is 0 Å². The van der Waals surface area contributed by atoms with Gasteiger partial charge >= 0.3 is 5.69 Å². The molecule has 2 aromatic heterocycles.